The first-order valence-electron chi connectivity index (χ1n) is 9.22. The second-order valence-corrected chi connectivity index (χ2v) is 8.26. The molecule has 1 unspecified atom stereocenters. The van der Waals surface area contributed by atoms with Gasteiger partial charge in [-0.25, -0.2) is 4.98 Å². The highest BCUT2D eigenvalue weighted by molar-refractivity contribution is 6.51. The minimum absolute atomic E-state index is 0.00271. The zero-order valence-electron chi connectivity index (χ0n) is 15.0. The molecule has 1 rings (SSSR count). The van der Waals surface area contributed by atoms with Crippen LogP contribution in [0.2, 0.25) is 0 Å². The minimum Gasteiger partial charge on any atom is -0.333 e. The topological polar surface area (TPSA) is 46.9 Å². The van der Waals surface area contributed by atoms with Crippen molar-refractivity contribution in [2.75, 3.05) is 5.88 Å². The van der Waals surface area contributed by atoms with Crippen molar-refractivity contribution in [1.82, 2.24) is 14.9 Å². The van der Waals surface area contributed by atoms with E-state index in [-0.39, 0.29) is 11.8 Å². The maximum absolute atomic E-state index is 12.2. The molecule has 0 saturated carbocycles. The molecule has 0 aliphatic heterocycles. The molecule has 1 atom stereocenters. The van der Waals surface area contributed by atoms with Crippen LogP contribution < -0.4 is 5.32 Å². The van der Waals surface area contributed by atoms with Crippen molar-refractivity contribution in [3.63, 3.8) is 0 Å². The van der Waals surface area contributed by atoms with Gasteiger partial charge in [-0.15, -0.1) is 11.6 Å². The molecule has 0 saturated heterocycles. The number of hydrogen-bond donors (Lipinski definition) is 1. The summed E-state index contributed by atoms with van der Waals surface area (Å²) in [6, 6.07) is 0. The van der Waals surface area contributed by atoms with Gasteiger partial charge in [-0.05, 0) is 6.42 Å². The molecule has 0 aliphatic rings. The third kappa shape index (κ3) is 9.16. The summed E-state index contributed by atoms with van der Waals surface area (Å²) in [5, 5.41) is 2.87. The zero-order chi connectivity index (χ0) is 18.5. The summed E-state index contributed by atoms with van der Waals surface area (Å²) in [6.07, 6.45) is 15.7. The van der Waals surface area contributed by atoms with Crippen LogP contribution in [-0.2, 0) is 4.79 Å². The number of imidazole rings is 1. The van der Waals surface area contributed by atoms with Crippen molar-refractivity contribution in [2.45, 2.75) is 81.6 Å². The summed E-state index contributed by atoms with van der Waals surface area (Å²) in [4.78, 5) is 16.2. The molecule has 4 nitrogen and oxygen atoms in total. The number of nitrogens with one attached hydrogen (secondary N) is 1. The number of aromatic nitrogens is 2. The first-order valence-corrected chi connectivity index (χ1v) is 10.5. The van der Waals surface area contributed by atoms with Gasteiger partial charge in [-0.3, -0.25) is 4.79 Å². The molecule has 0 bridgehead atoms. The van der Waals surface area contributed by atoms with E-state index in [1.807, 2.05) is 0 Å². The van der Waals surface area contributed by atoms with Gasteiger partial charge in [0.2, 0.25) is 5.91 Å². The Morgan fingerprint density at radius 3 is 2.24 bits per heavy atom. The van der Waals surface area contributed by atoms with Gasteiger partial charge in [0, 0.05) is 18.8 Å². The normalized spacial score (nSPS) is 13.0. The Morgan fingerprint density at radius 1 is 1.12 bits per heavy atom. The summed E-state index contributed by atoms with van der Waals surface area (Å²) in [7, 11) is 0. The van der Waals surface area contributed by atoms with E-state index < -0.39 is 10.5 Å². The van der Waals surface area contributed by atoms with E-state index in [9.17, 15) is 4.79 Å². The fraction of sp³-hybridized carbons (Fsp3) is 0.778. The summed E-state index contributed by atoms with van der Waals surface area (Å²) in [5.41, 5.74) is 0. The number of carbonyl (C=O) groups excluding carboxylic acids is 1. The number of alkyl halides is 3. The summed E-state index contributed by atoms with van der Waals surface area (Å²) in [6.45, 7) is 2.23. The van der Waals surface area contributed by atoms with Crippen LogP contribution in [0.25, 0.3) is 0 Å². The fourth-order valence-electron chi connectivity index (χ4n) is 2.71. The Labute approximate surface area is 166 Å². The quantitative estimate of drug-likeness (QED) is 0.310. The first-order chi connectivity index (χ1) is 12.0. The van der Waals surface area contributed by atoms with Crippen LogP contribution in [0, 0.1) is 0 Å². The number of amides is 1. The molecule has 7 heteroatoms. The summed E-state index contributed by atoms with van der Waals surface area (Å²) < 4.78 is 0.368. The average Bonchev–Trinajstić information content (AvgIpc) is 3.12. The van der Waals surface area contributed by atoms with Gasteiger partial charge in [0.25, 0.3) is 0 Å². The van der Waals surface area contributed by atoms with Crippen molar-refractivity contribution in [2.24, 2.45) is 0 Å². The van der Waals surface area contributed by atoms with E-state index in [4.69, 9.17) is 34.8 Å². The molecular weight excluding hydrogens is 381 g/mol. The van der Waals surface area contributed by atoms with Crippen molar-refractivity contribution >= 4 is 40.7 Å². The van der Waals surface area contributed by atoms with E-state index in [1.54, 1.807) is 23.3 Å². The van der Waals surface area contributed by atoms with Gasteiger partial charge >= 0.3 is 0 Å². The predicted molar refractivity (Wildman–Crippen MR) is 106 cm³/mol. The van der Waals surface area contributed by atoms with Crippen LogP contribution >= 0.6 is 34.8 Å². The van der Waals surface area contributed by atoms with Crippen LogP contribution in [0.15, 0.2) is 18.7 Å². The number of halogens is 3. The monoisotopic (exact) mass is 409 g/mol. The average molecular weight is 411 g/mol. The van der Waals surface area contributed by atoms with E-state index in [0.29, 0.717) is 6.42 Å². The molecule has 0 aliphatic carbocycles. The molecule has 144 valence electrons. The van der Waals surface area contributed by atoms with Gasteiger partial charge in [-0.1, -0.05) is 81.5 Å². The smallest absolute Gasteiger partial charge is 0.221 e. The number of carbonyl (C=O) groups is 1. The number of nitrogens with zero attached hydrogens (tertiary/aromatic N) is 2. The molecule has 1 aromatic rings. The lowest BCUT2D eigenvalue weighted by molar-refractivity contribution is -0.122. The van der Waals surface area contributed by atoms with Gasteiger partial charge < -0.3 is 9.88 Å². The Morgan fingerprint density at radius 2 is 1.72 bits per heavy atom. The maximum Gasteiger partial charge on any atom is 0.221 e. The third-order valence-electron chi connectivity index (χ3n) is 4.21. The highest BCUT2D eigenvalue weighted by Crippen LogP contribution is 2.33. The largest absolute Gasteiger partial charge is 0.333 e. The molecule has 1 amide bonds. The zero-order valence-corrected chi connectivity index (χ0v) is 17.3. The molecule has 0 radical (unpaired) electrons. The Kier molecular flexibility index (Phi) is 11.6. The third-order valence-corrected chi connectivity index (χ3v) is 5.58. The number of rotatable bonds is 14. The van der Waals surface area contributed by atoms with Crippen LogP contribution in [-0.4, -0.2) is 25.7 Å². The van der Waals surface area contributed by atoms with E-state index >= 15 is 0 Å². The maximum atomic E-state index is 12.2. The van der Waals surface area contributed by atoms with Crippen molar-refractivity contribution in [1.29, 1.82) is 0 Å². The van der Waals surface area contributed by atoms with E-state index in [1.165, 1.54) is 44.9 Å². The molecule has 0 aromatic carbocycles. The van der Waals surface area contributed by atoms with Crippen molar-refractivity contribution in [3.05, 3.63) is 18.7 Å². The molecule has 0 fully saturated rings. The number of unbranched alkanes of at least 4 members (excludes halogenated alkanes) is 8. The molecule has 1 heterocycles. The lowest BCUT2D eigenvalue weighted by atomic mass is 10.1. The minimum atomic E-state index is -1.30. The van der Waals surface area contributed by atoms with E-state index in [0.717, 1.165) is 12.8 Å². The molecular formula is C18H30Cl3N3O. The van der Waals surface area contributed by atoms with Gasteiger partial charge in [0.05, 0.1) is 12.2 Å². The highest BCUT2D eigenvalue weighted by Gasteiger charge is 2.36. The van der Waals surface area contributed by atoms with Crippen LogP contribution in [0.3, 0.4) is 0 Å². The second kappa shape index (κ2) is 12.8. The Bertz CT molecular complexity index is 466. The lowest BCUT2D eigenvalue weighted by Gasteiger charge is -2.29. The predicted octanol–water partition coefficient (Wildman–Crippen LogP) is 5.83. The fourth-order valence-corrected chi connectivity index (χ4v) is 3.19. The highest BCUT2D eigenvalue weighted by atomic mass is 35.5. The van der Waals surface area contributed by atoms with Gasteiger partial charge in [-0.2, -0.15) is 0 Å². The molecule has 1 N–H and O–H groups in total. The van der Waals surface area contributed by atoms with Crippen LogP contribution in [0.5, 0.6) is 0 Å². The van der Waals surface area contributed by atoms with Crippen LogP contribution in [0.1, 0.15) is 77.3 Å². The lowest BCUT2D eigenvalue weighted by Crippen LogP contribution is -2.43. The standard InChI is InChI=1S/C18H30Cl3N3O/c1-2-3-4-5-6-7-8-9-10-11-16(25)23-17(18(20,21)14-19)24-13-12-22-15-24/h12-13,15,17H,2-11,14H2,1H3,(H,23,25). The van der Waals surface area contributed by atoms with E-state index in [2.05, 4.69) is 17.2 Å². The number of hydrogen-bond acceptors (Lipinski definition) is 2. The van der Waals surface area contributed by atoms with Gasteiger partial charge in [0.1, 0.15) is 6.17 Å². The second-order valence-electron chi connectivity index (χ2n) is 6.45. The van der Waals surface area contributed by atoms with Crippen molar-refractivity contribution in [3.8, 4) is 0 Å². The molecule has 0 spiro atoms. The molecule has 1 aromatic heterocycles. The van der Waals surface area contributed by atoms with Gasteiger partial charge in [0.15, 0.2) is 4.33 Å². The Balaban J connectivity index is 2.25. The molecule has 25 heavy (non-hydrogen) atoms. The summed E-state index contributed by atoms with van der Waals surface area (Å²) >= 11 is 18.3. The SMILES string of the molecule is CCCCCCCCCCCC(=O)NC(n1ccnc1)C(Cl)(Cl)CCl. The van der Waals surface area contributed by atoms with Crippen LogP contribution in [0.4, 0.5) is 0 Å². The Hall–Kier alpha value is -0.450. The summed E-state index contributed by atoms with van der Waals surface area (Å²) in [5.74, 6) is -0.0745. The van der Waals surface area contributed by atoms with Crippen molar-refractivity contribution < 1.29 is 4.79 Å². The first kappa shape index (κ1) is 22.6.